The Kier molecular flexibility index (Phi) is 2.88. The van der Waals surface area contributed by atoms with Gasteiger partial charge in [-0.2, -0.15) is 4.98 Å². The molecule has 1 aliphatic heterocycles. The molecule has 2 N–H and O–H groups in total. The van der Waals surface area contributed by atoms with Crippen LogP contribution in [0.25, 0.3) is 0 Å². The summed E-state index contributed by atoms with van der Waals surface area (Å²) >= 11 is 0. The van der Waals surface area contributed by atoms with Crippen LogP contribution in [0.2, 0.25) is 0 Å². The van der Waals surface area contributed by atoms with Gasteiger partial charge in [-0.3, -0.25) is 0 Å². The third-order valence-electron chi connectivity index (χ3n) is 3.24. The van der Waals surface area contributed by atoms with Crippen LogP contribution in [0.15, 0.2) is 28.8 Å². The molecule has 0 bridgehead atoms. The SMILES string of the molecule is Nc1ccccc1Cc1nc(N2CCCC2)no1. The summed E-state index contributed by atoms with van der Waals surface area (Å²) in [7, 11) is 0. The molecule has 0 atom stereocenters. The van der Waals surface area contributed by atoms with Gasteiger partial charge in [-0.05, 0) is 29.6 Å². The van der Waals surface area contributed by atoms with Gasteiger partial charge in [0.1, 0.15) is 0 Å². The summed E-state index contributed by atoms with van der Waals surface area (Å²) in [5.74, 6) is 1.33. The van der Waals surface area contributed by atoms with E-state index in [-0.39, 0.29) is 0 Å². The molecular weight excluding hydrogens is 228 g/mol. The third kappa shape index (κ3) is 2.16. The second-order valence-corrected chi connectivity index (χ2v) is 4.56. The predicted octanol–water partition coefficient (Wildman–Crippen LogP) is 1.84. The van der Waals surface area contributed by atoms with Gasteiger partial charge in [-0.15, -0.1) is 0 Å². The number of nitrogens with zero attached hydrogens (tertiary/aromatic N) is 3. The standard InChI is InChI=1S/C13H16N4O/c14-11-6-2-1-5-10(11)9-12-15-13(16-18-12)17-7-3-4-8-17/h1-2,5-6H,3-4,7-9,14H2. The molecule has 94 valence electrons. The van der Waals surface area contributed by atoms with Gasteiger partial charge in [-0.25, -0.2) is 0 Å². The van der Waals surface area contributed by atoms with E-state index in [2.05, 4.69) is 15.0 Å². The van der Waals surface area contributed by atoms with Gasteiger partial charge in [0.25, 0.3) is 5.95 Å². The highest BCUT2D eigenvalue weighted by molar-refractivity contribution is 5.47. The summed E-state index contributed by atoms with van der Waals surface area (Å²) in [4.78, 5) is 6.58. The highest BCUT2D eigenvalue weighted by Gasteiger charge is 2.18. The summed E-state index contributed by atoms with van der Waals surface area (Å²) in [5, 5.41) is 4.02. The van der Waals surface area contributed by atoms with Crippen molar-refractivity contribution in [2.45, 2.75) is 19.3 Å². The number of nitrogens with two attached hydrogens (primary N) is 1. The number of aromatic nitrogens is 2. The van der Waals surface area contributed by atoms with E-state index in [1.165, 1.54) is 12.8 Å². The molecule has 2 heterocycles. The van der Waals surface area contributed by atoms with Crippen LogP contribution in [0.3, 0.4) is 0 Å². The molecule has 1 saturated heterocycles. The van der Waals surface area contributed by atoms with Crippen LogP contribution in [0.5, 0.6) is 0 Å². The lowest BCUT2D eigenvalue weighted by atomic mass is 10.1. The number of hydrogen-bond donors (Lipinski definition) is 1. The highest BCUT2D eigenvalue weighted by atomic mass is 16.5. The summed E-state index contributed by atoms with van der Waals surface area (Å²) < 4.78 is 5.28. The first-order valence-electron chi connectivity index (χ1n) is 6.24. The molecular formula is C13H16N4O. The van der Waals surface area contributed by atoms with Crippen LogP contribution in [0, 0.1) is 0 Å². The van der Waals surface area contributed by atoms with Crippen molar-refractivity contribution in [3.8, 4) is 0 Å². The number of hydrogen-bond acceptors (Lipinski definition) is 5. The van der Waals surface area contributed by atoms with Crippen LogP contribution in [0.4, 0.5) is 11.6 Å². The van der Waals surface area contributed by atoms with E-state index in [9.17, 15) is 0 Å². The minimum atomic E-state index is 0.591. The molecule has 1 aliphatic rings. The maximum Gasteiger partial charge on any atom is 0.266 e. The van der Waals surface area contributed by atoms with E-state index in [4.69, 9.17) is 10.3 Å². The first-order valence-corrected chi connectivity index (χ1v) is 6.24. The molecule has 5 heteroatoms. The third-order valence-corrected chi connectivity index (χ3v) is 3.24. The lowest BCUT2D eigenvalue weighted by molar-refractivity contribution is 0.384. The van der Waals surface area contributed by atoms with Gasteiger partial charge in [0.15, 0.2) is 0 Å². The minimum absolute atomic E-state index is 0.591. The van der Waals surface area contributed by atoms with E-state index in [1.807, 2.05) is 24.3 Å². The van der Waals surface area contributed by atoms with Crippen molar-refractivity contribution in [2.75, 3.05) is 23.7 Å². The molecule has 18 heavy (non-hydrogen) atoms. The highest BCUT2D eigenvalue weighted by Crippen LogP contribution is 2.19. The second-order valence-electron chi connectivity index (χ2n) is 4.56. The van der Waals surface area contributed by atoms with E-state index < -0.39 is 0 Å². The van der Waals surface area contributed by atoms with Gasteiger partial charge >= 0.3 is 0 Å². The maximum absolute atomic E-state index is 5.90. The molecule has 3 rings (SSSR count). The zero-order valence-corrected chi connectivity index (χ0v) is 10.2. The monoisotopic (exact) mass is 244 g/mol. The Morgan fingerprint density at radius 3 is 2.78 bits per heavy atom. The normalized spacial score (nSPS) is 15.2. The van der Waals surface area contributed by atoms with Crippen LogP contribution in [0.1, 0.15) is 24.3 Å². The smallest absolute Gasteiger partial charge is 0.266 e. The Morgan fingerprint density at radius 2 is 2.00 bits per heavy atom. The Labute approximate surface area is 106 Å². The van der Waals surface area contributed by atoms with Gasteiger partial charge in [0.05, 0.1) is 6.42 Å². The van der Waals surface area contributed by atoms with Crippen molar-refractivity contribution in [2.24, 2.45) is 0 Å². The van der Waals surface area contributed by atoms with Crippen LogP contribution >= 0.6 is 0 Å². The molecule has 0 amide bonds. The Hall–Kier alpha value is -2.04. The average Bonchev–Trinajstić information content (AvgIpc) is 3.02. The lowest BCUT2D eigenvalue weighted by Crippen LogP contribution is -2.18. The molecule has 1 aromatic heterocycles. The molecule has 2 aromatic rings. The first kappa shape index (κ1) is 11.1. The number of anilines is 2. The van der Waals surface area contributed by atoms with Gasteiger partial charge < -0.3 is 15.2 Å². The largest absolute Gasteiger partial charge is 0.398 e. The van der Waals surface area contributed by atoms with Crippen LogP contribution < -0.4 is 10.6 Å². The van der Waals surface area contributed by atoms with Gasteiger partial charge in [-0.1, -0.05) is 18.2 Å². The molecule has 0 radical (unpaired) electrons. The minimum Gasteiger partial charge on any atom is -0.398 e. The predicted molar refractivity (Wildman–Crippen MR) is 69.4 cm³/mol. The van der Waals surface area contributed by atoms with Crippen molar-refractivity contribution >= 4 is 11.6 Å². The molecule has 0 aliphatic carbocycles. The summed E-state index contributed by atoms with van der Waals surface area (Å²) in [5.41, 5.74) is 7.68. The topological polar surface area (TPSA) is 68.2 Å². The fourth-order valence-corrected chi connectivity index (χ4v) is 2.22. The fraction of sp³-hybridized carbons (Fsp3) is 0.385. The van der Waals surface area contributed by atoms with Crippen molar-refractivity contribution in [3.05, 3.63) is 35.7 Å². The lowest BCUT2D eigenvalue weighted by Gasteiger charge is -2.09. The van der Waals surface area contributed by atoms with Crippen molar-refractivity contribution in [1.82, 2.24) is 10.1 Å². The number of rotatable bonds is 3. The van der Waals surface area contributed by atoms with Crippen molar-refractivity contribution < 1.29 is 4.52 Å². The Morgan fingerprint density at radius 1 is 1.22 bits per heavy atom. The fourth-order valence-electron chi connectivity index (χ4n) is 2.22. The van der Waals surface area contributed by atoms with E-state index in [0.29, 0.717) is 18.3 Å². The number of nitrogen functional groups attached to an aromatic ring is 1. The molecule has 1 fully saturated rings. The van der Waals surface area contributed by atoms with Gasteiger partial charge in [0, 0.05) is 18.8 Å². The van der Waals surface area contributed by atoms with Crippen molar-refractivity contribution in [3.63, 3.8) is 0 Å². The molecule has 1 aromatic carbocycles. The van der Waals surface area contributed by atoms with Gasteiger partial charge in [0.2, 0.25) is 5.89 Å². The molecule has 0 saturated carbocycles. The van der Waals surface area contributed by atoms with E-state index in [1.54, 1.807) is 0 Å². The summed E-state index contributed by atoms with van der Waals surface area (Å²) in [6.45, 7) is 2.04. The Bertz CT molecular complexity index is 531. The van der Waals surface area contributed by atoms with Crippen LogP contribution in [-0.2, 0) is 6.42 Å². The maximum atomic E-state index is 5.90. The van der Waals surface area contributed by atoms with E-state index in [0.717, 1.165) is 24.3 Å². The first-order chi connectivity index (χ1) is 8.83. The summed E-state index contributed by atoms with van der Waals surface area (Å²) in [6.07, 6.45) is 3.00. The van der Waals surface area contributed by atoms with Crippen LogP contribution in [-0.4, -0.2) is 23.2 Å². The summed E-state index contributed by atoms with van der Waals surface area (Å²) in [6, 6.07) is 7.74. The molecule has 5 nitrogen and oxygen atoms in total. The zero-order valence-electron chi connectivity index (χ0n) is 10.2. The van der Waals surface area contributed by atoms with E-state index >= 15 is 0 Å². The zero-order chi connectivity index (χ0) is 12.4. The average molecular weight is 244 g/mol. The second kappa shape index (κ2) is 4.68. The Balaban J connectivity index is 1.75. The molecule has 0 unspecified atom stereocenters. The number of para-hydroxylation sites is 1. The molecule has 0 spiro atoms. The number of benzene rings is 1. The quantitative estimate of drug-likeness (QED) is 0.834. The van der Waals surface area contributed by atoms with Crippen molar-refractivity contribution in [1.29, 1.82) is 0 Å².